The third kappa shape index (κ3) is 5.85. The predicted molar refractivity (Wildman–Crippen MR) is 135 cm³/mol. The number of rotatable bonds is 7. The van der Waals surface area contributed by atoms with Gasteiger partial charge in [0, 0.05) is 29.8 Å². The highest BCUT2D eigenvalue weighted by molar-refractivity contribution is 6.30. The smallest absolute Gasteiger partial charge is 0.255 e. The average molecular weight is 480 g/mol. The van der Waals surface area contributed by atoms with Gasteiger partial charge in [-0.05, 0) is 49.1 Å². The van der Waals surface area contributed by atoms with Crippen LogP contribution in [0.4, 0.5) is 5.69 Å². The van der Waals surface area contributed by atoms with E-state index in [1.54, 1.807) is 10.9 Å². The van der Waals surface area contributed by atoms with Gasteiger partial charge in [-0.15, -0.1) is 0 Å². The SMILES string of the molecule is CC(C)c1c(C(=O)NC2CCN(CC(=O)Nc3ccccc3)CC2)cnn1-c1cccc(Cl)c1. The van der Waals surface area contributed by atoms with Crippen LogP contribution in [0.25, 0.3) is 5.69 Å². The minimum atomic E-state index is -0.114. The topological polar surface area (TPSA) is 79.3 Å². The Morgan fingerprint density at radius 1 is 1.09 bits per heavy atom. The summed E-state index contributed by atoms with van der Waals surface area (Å²) in [5.74, 6) is -0.0341. The summed E-state index contributed by atoms with van der Waals surface area (Å²) >= 11 is 6.16. The Bertz CT molecular complexity index is 1140. The molecule has 1 fully saturated rings. The van der Waals surface area contributed by atoms with Gasteiger partial charge in [-0.25, -0.2) is 4.68 Å². The zero-order valence-corrected chi connectivity index (χ0v) is 20.3. The standard InChI is InChI=1S/C26H30ClN5O2/c1-18(2)25-23(16-28-32(25)22-10-6-7-19(27)15-22)26(34)30-21-11-13-31(14-12-21)17-24(33)29-20-8-4-3-5-9-20/h3-10,15-16,18,21H,11-14,17H2,1-2H3,(H,29,33)(H,30,34). The molecule has 0 saturated carbocycles. The number of hydrogen-bond donors (Lipinski definition) is 2. The Labute approximate surface area is 205 Å². The van der Waals surface area contributed by atoms with Crippen molar-refractivity contribution in [3.8, 4) is 5.69 Å². The van der Waals surface area contributed by atoms with Crippen LogP contribution in [0, 0.1) is 0 Å². The maximum Gasteiger partial charge on any atom is 0.255 e. The molecule has 2 amide bonds. The number of nitrogens with one attached hydrogen (secondary N) is 2. The molecule has 34 heavy (non-hydrogen) atoms. The van der Waals surface area contributed by atoms with Crippen molar-refractivity contribution in [3.05, 3.63) is 77.1 Å². The molecule has 8 heteroatoms. The Morgan fingerprint density at radius 3 is 2.50 bits per heavy atom. The van der Waals surface area contributed by atoms with Crippen LogP contribution >= 0.6 is 11.6 Å². The monoisotopic (exact) mass is 479 g/mol. The summed E-state index contributed by atoms with van der Waals surface area (Å²) in [6, 6.07) is 17.0. The zero-order valence-electron chi connectivity index (χ0n) is 19.5. The quantitative estimate of drug-likeness (QED) is 0.523. The summed E-state index contributed by atoms with van der Waals surface area (Å²) in [5.41, 5.74) is 3.07. The first-order valence-electron chi connectivity index (χ1n) is 11.6. The first-order valence-corrected chi connectivity index (χ1v) is 12.0. The molecule has 2 N–H and O–H groups in total. The normalized spacial score (nSPS) is 14.8. The summed E-state index contributed by atoms with van der Waals surface area (Å²) in [6.07, 6.45) is 3.22. The van der Waals surface area contributed by atoms with E-state index >= 15 is 0 Å². The van der Waals surface area contributed by atoms with Crippen molar-refractivity contribution in [2.24, 2.45) is 0 Å². The van der Waals surface area contributed by atoms with E-state index in [0.717, 1.165) is 43.0 Å². The van der Waals surface area contributed by atoms with Crippen LogP contribution < -0.4 is 10.6 Å². The van der Waals surface area contributed by atoms with Gasteiger partial charge < -0.3 is 10.6 Å². The summed E-state index contributed by atoms with van der Waals surface area (Å²) in [4.78, 5) is 27.6. The second kappa shape index (κ2) is 10.8. The first-order chi connectivity index (χ1) is 16.4. The zero-order chi connectivity index (χ0) is 24.1. The third-order valence-corrected chi connectivity index (χ3v) is 6.23. The van der Waals surface area contributed by atoms with Crippen molar-refractivity contribution in [1.29, 1.82) is 0 Å². The van der Waals surface area contributed by atoms with Crippen LogP contribution in [0.1, 0.15) is 48.7 Å². The highest BCUT2D eigenvalue weighted by Crippen LogP contribution is 2.25. The second-order valence-corrected chi connectivity index (χ2v) is 9.36. The van der Waals surface area contributed by atoms with Crippen molar-refractivity contribution < 1.29 is 9.59 Å². The Kier molecular flexibility index (Phi) is 7.65. The number of nitrogens with zero attached hydrogens (tertiary/aromatic N) is 3. The van der Waals surface area contributed by atoms with Gasteiger partial charge in [-0.1, -0.05) is 49.7 Å². The minimum Gasteiger partial charge on any atom is -0.349 e. The number of para-hydroxylation sites is 1. The van der Waals surface area contributed by atoms with Crippen LogP contribution in [-0.2, 0) is 4.79 Å². The second-order valence-electron chi connectivity index (χ2n) is 8.93. The fourth-order valence-electron chi connectivity index (χ4n) is 4.33. The number of piperidine rings is 1. The number of halogens is 1. The molecule has 2 aromatic carbocycles. The third-order valence-electron chi connectivity index (χ3n) is 6.00. The number of anilines is 1. The molecule has 178 valence electrons. The van der Waals surface area contributed by atoms with E-state index in [1.807, 2.05) is 68.4 Å². The maximum atomic E-state index is 13.1. The Balaban J connectivity index is 1.34. The number of benzene rings is 2. The van der Waals surface area contributed by atoms with Crippen molar-refractivity contribution >= 4 is 29.1 Å². The molecule has 0 unspecified atom stereocenters. The molecular formula is C26H30ClN5O2. The van der Waals surface area contributed by atoms with Crippen LogP contribution in [-0.4, -0.2) is 52.2 Å². The Hall–Kier alpha value is -3.16. The molecule has 7 nitrogen and oxygen atoms in total. The lowest BCUT2D eigenvalue weighted by molar-refractivity contribution is -0.117. The largest absolute Gasteiger partial charge is 0.349 e. The van der Waals surface area contributed by atoms with Gasteiger partial charge >= 0.3 is 0 Å². The molecule has 3 aromatic rings. The fraction of sp³-hybridized carbons (Fsp3) is 0.346. The van der Waals surface area contributed by atoms with Crippen LogP contribution in [0.2, 0.25) is 5.02 Å². The van der Waals surface area contributed by atoms with Crippen molar-refractivity contribution in [2.45, 2.75) is 38.6 Å². The van der Waals surface area contributed by atoms with Gasteiger partial charge in [0.1, 0.15) is 0 Å². The molecule has 0 atom stereocenters. The number of hydrogen-bond acceptors (Lipinski definition) is 4. The van der Waals surface area contributed by atoms with E-state index < -0.39 is 0 Å². The van der Waals surface area contributed by atoms with E-state index in [4.69, 9.17) is 11.6 Å². The van der Waals surface area contributed by atoms with Gasteiger partial charge in [-0.3, -0.25) is 14.5 Å². The van der Waals surface area contributed by atoms with Gasteiger partial charge in [0.15, 0.2) is 0 Å². The molecule has 1 aliphatic heterocycles. The predicted octanol–water partition coefficient (Wildman–Crippen LogP) is 4.48. The van der Waals surface area contributed by atoms with Gasteiger partial charge in [0.05, 0.1) is 29.7 Å². The van der Waals surface area contributed by atoms with Gasteiger partial charge in [0.25, 0.3) is 5.91 Å². The number of carbonyl (C=O) groups is 2. The molecule has 4 rings (SSSR count). The lowest BCUT2D eigenvalue weighted by Gasteiger charge is -2.31. The molecule has 2 heterocycles. The summed E-state index contributed by atoms with van der Waals surface area (Å²) in [7, 11) is 0. The van der Waals surface area contributed by atoms with Crippen LogP contribution in [0.15, 0.2) is 60.8 Å². The van der Waals surface area contributed by atoms with E-state index in [-0.39, 0.29) is 23.8 Å². The minimum absolute atomic E-state index is 0.0244. The highest BCUT2D eigenvalue weighted by Gasteiger charge is 2.26. The number of amides is 2. The molecular weight excluding hydrogens is 450 g/mol. The van der Waals surface area contributed by atoms with E-state index in [2.05, 4.69) is 20.6 Å². The van der Waals surface area contributed by atoms with Crippen molar-refractivity contribution in [3.63, 3.8) is 0 Å². The number of likely N-dealkylation sites (tertiary alicyclic amines) is 1. The van der Waals surface area contributed by atoms with Gasteiger partial charge in [-0.2, -0.15) is 5.10 Å². The lowest BCUT2D eigenvalue weighted by atomic mass is 10.0. The van der Waals surface area contributed by atoms with Gasteiger partial charge in [0.2, 0.25) is 5.91 Å². The van der Waals surface area contributed by atoms with E-state index in [1.165, 1.54) is 0 Å². The fourth-order valence-corrected chi connectivity index (χ4v) is 4.51. The van der Waals surface area contributed by atoms with E-state index in [0.29, 0.717) is 17.1 Å². The molecule has 1 aliphatic rings. The van der Waals surface area contributed by atoms with Crippen LogP contribution in [0.3, 0.4) is 0 Å². The lowest BCUT2D eigenvalue weighted by Crippen LogP contribution is -2.46. The molecule has 0 bridgehead atoms. The molecule has 0 radical (unpaired) electrons. The highest BCUT2D eigenvalue weighted by atomic mass is 35.5. The molecule has 1 aromatic heterocycles. The summed E-state index contributed by atoms with van der Waals surface area (Å²) < 4.78 is 1.79. The van der Waals surface area contributed by atoms with Crippen LogP contribution in [0.5, 0.6) is 0 Å². The summed E-state index contributed by atoms with van der Waals surface area (Å²) in [5, 5.41) is 11.2. The maximum absolute atomic E-state index is 13.1. The van der Waals surface area contributed by atoms with Crippen molar-refractivity contribution in [2.75, 3.05) is 25.0 Å². The molecule has 1 saturated heterocycles. The van der Waals surface area contributed by atoms with E-state index in [9.17, 15) is 9.59 Å². The summed E-state index contributed by atoms with van der Waals surface area (Å²) in [6.45, 7) is 5.96. The number of carbonyl (C=O) groups excluding carboxylic acids is 2. The molecule has 0 aliphatic carbocycles. The number of aromatic nitrogens is 2. The molecule has 0 spiro atoms. The first kappa shape index (κ1) is 24.0. The average Bonchev–Trinajstić information content (AvgIpc) is 3.27. The Morgan fingerprint density at radius 2 is 1.82 bits per heavy atom. The van der Waals surface area contributed by atoms with Crippen molar-refractivity contribution in [1.82, 2.24) is 20.0 Å².